The van der Waals surface area contributed by atoms with Crippen molar-refractivity contribution >= 4 is 12.1 Å². The fraction of sp³-hybridized carbons (Fsp3) is 0.900. The number of rotatable bonds is 9. The molecule has 1 saturated carbocycles. The highest BCUT2D eigenvalue weighted by Gasteiger charge is 2.33. The molecule has 1 fully saturated rings. The van der Waals surface area contributed by atoms with Gasteiger partial charge in [0.1, 0.15) is 5.60 Å². The summed E-state index contributed by atoms with van der Waals surface area (Å²) in [5.74, 6) is 0.773. The zero-order valence-electron chi connectivity index (χ0n) is 18.2. The molecule has 0 unspecified atom stereocenters. The molecule has 0 atom stereocenters. The average Bonchev–Trinajstić information content (AvgIpc) is 3.05. The van der Waals surface area contributed by atoms with E-state index >= 15 is 0 Å². The highest BCUT2D eigenvalue weighted by Crippen LogP contribution is 2.40. The van der Waals surface area contributed by atoms with E-state index in [0.29, 0.717) is 18.5 Å². The van der Waals surface area contributed by atoms with Crippen molar-refractivity contribution in [2.45, 2.75) is 65.4 Å². The zero-order valence-corrected chi connectivity index (χ0v) is 18.2. The van der Waals surface area contributed by atoms with Gasteiger partial charge >= 0.3 is 6.09 Å². The van der Waals surface area contributed by atoms with Crippen molar-refractivity contribution < 1.29 is 14.3 Å². The maximum Gasteiger partial charge on any atom is 0.410 e. The standard InChI is InChI=1S/C20H40N4O3/c1-7-26-15-12-20(10-8-9-11-20)16-23-17(21-5)22-13-14-24(6)18(25)27-19(2,3)4/h7-16H2,1-6H3,(H2,21,22,23). The smallest absolute Gasteiger partial charge is 0.410 e. The number of carbonyl (C=O) groups excluding carboxylic acids is 1. The van der Waals surface area contributed by atoms with E-state index in [4.69, 9.17) is 9.47 Å². The van der Waals surface area contributed by atoms with Crippen LogP contribution >= 0.6 is 0 Å². The van der Waals surface area contributed by atoms with Crippen LogP contribution in [-0.4, -0.2) is 69.5 Å². The van der Waals surface area contributed by atoms with Crippen molar-refractivity contribution in [3.8, 4) is 0 Å². The number of aliphatic imine (C=N–C) groups is 1. The molecule has 1 rings (SSSR count). The van der Waals surface area contributed by atoms with Crippen molar-refractivity contribution in [1.82, 2.24) is 15.5 Å². The first-order chi connectivity index (χ1) is 12.7. The Labute approximate surface area is 165 Å². The van der Waals surface area contributed by atoms with Gasteiger partial charge in [0.05, 0.1) is 0 Å². The molecule has 1 amide bonds. The van der Waals surface area contributed by atoms with Gasteiger partial charge in [-0.3, -0.25) is 4.99 Å². The highest BCUT2D eigenvalue weighted by molar-refractivity contribution is 5.79. The van der Waals surface area contributed by atoms with Crippen LogP contribution in [0.4, 0.5) is 4.79 Å². The summed E-state index contributed by atoms with van der Waals surface area (Å²) in [6, 6.07) is 0. The second-order valence-corrected chi connectivity index (χ2v) is 8.41. The highest BCUT2D eigenvalue weighted by atomic mass is 16.6. The number of hydrogen-bond acceptors (Lipinski definition) is 4. The quantitative estimate of drug-likeness (QED) is 0.363. The van der Waals surface area contributed by atoms with Gasteiger partial charge in [-0.25, -0.2) is 4.79 Å². The number of amides is 1. The largest absolute Gasteiger partial charge is 0.444 e. The van der Waals surface area contributed by atoms with Gasteiger partial charge in [0.15, 0.2) is 5.96 Å². The topological polar surface area (TPSA) is 75.2 Å². The van der Waals surface area contributed by atoms with E-state index in [-0.39, 0.29) is 6.09 Å². The molecule has 27 heavy (non-hydrogen) atoms. The minimum atomic E-state index is -0.479. The molecule has 0 aromatic heterocycles. The molecule has 0 heterocycles. The molecule has 0 aromatic rings. The Bertz CT molecular complexity index is 468. The number of carbonyl (C=O) groups is 1. The molecule has 1 aliphatic rings. The van der Waals surface area contributed by atoms with E-state index in [1.807, 2.05) is 27.7 Å². The minimum absolute atomic E-state index is 0.306. The Balaban J connectivity index is 2.38. The maximum absolute atomic E-state index is 12.0. The summed E-state index contributed by atoms with van der Waals surface area (Å²) in [6.45, 7) is 11.3. The predicted molar refractivity (Wildman–Crippen MR) is 110 cm³/mol. The van der Waals surface area contributed by atoms with Crippen LogP contribution < -0.4 is 10.6 Å². The molecule has 0 spiro atoms. The van der Waals surface area contributed by atoms with Crippen molar-refractivity contribution in [3.63, 3.8) is 0 Å². The molecular formula is C20H40N4O3. The molecule has 0 saturated heterocycles. The normalized spacial score (nSPS) is 16.9. The van der Waals surface area contributed by atoms with Gasteiger partial charge in [0.25, 0.3) is 0 Å². The summed E-state index contributed by atoms with van der Waals surface area (Å²) >= 11 is 0. The maximum atomic E-state index is 12.0. The lowest BCUT2D eigenvalue weighted by Gasteiger charge is -2.30. The fourth-order valence-electron chi connectivity index (χ4n) is 3.34. The molecule has 158 valence electrons. The zero-order chi connectivity index (χ0) is 20.3. The summed E-state index contributed by atoms with van der Waals surface area (Å²) in [5.41, 5.74) is -0.173. The van der Waals surface area contributed by atoms with Crippen molar-refractivity contribution in [1.29, 1.82) is 0 Å². The van der Waals surface area contributed by atoms with Crippen LogP contribution in [0.25, 0.3) is 0 Å². The second kappa shape index (κ2) is 11.4. The first-order valence-electron chi connectivity index (χ1n) is 10.2. The molecule has 7 heteroatoms. The number of nitrogens with zero attached hydrogens (tertiary/aromatic N) is 2. The predicted octanol–water partition coefficient (Wildman–Crippen LogP) is 3.01. The van der Waals surface area contributed by atoms with Crippen molar-refractivity contribution in [2.24, 2.45) is 10.4 Å². The van der Waals surface area contributed by atoms with E-state index in [0.717, 1.165) is 32.1 Å². The van der Waals surface area contributed by atoms with Gasteiger partial charge in [0.2, 0.25) is 0 Å². The first kappa shape index (κ1) is 23.5. The molecule has 1 aliphatic carbocycles. The van der Waals surface area contributed by atoms with Crippen LogP contribution in [0.3, 0.4) is 0 Å². The molecule has 2 N–H and O–H groups in total. The van der Waals surface area contributed by atoms with E-state index in [1.165, 1.54) is 25.7 Å². The van der Waals surface area contributed by atoms with E-state index in [2.05, 4.69) is 15.6 Å². The fourth-order valence-corrected chi connectivity index (χ4v) is 3.34. The van der Waals surface area contributed by atoms with Crippen molar-refractivity contribution in [3.05, 3.63) is 0 Å². The van der Waals surface area contributed by atoms with Gasteiger partial charge in [-0.05, 0) is 52.4 Å². The van der Waals surface area contributed by atoms with Gasteiger partial charge in [-0.2, -0.15) is 0 Å². The van der Waals surface area contributed by atoms with Crippen LogP contribution in [0.15, 0.2) is 4.99 Å². The van der Waals surface area contributed by atoms with Crippen LogP contribution in [-0.2, 0) is 9.47 Å². The van der Waals surface area contributed by atoms with E-state index in [1.54, 1.807) is 19.0 Å². The summed E-state index contributed by atoms with van der Waals surface area (Å²) in [6.07, 6.45) is 5.84. The van der Waals surface area contributed by atoms with Gasteiger partial charge in [-0.15, -0.1) is 0 Å². The third-order valence-electron chi connectivity index (χ3n) is 4.94. The molecule has 0 aliphatic heterocycles. The van der Waals surface area contributed by atoms with Crippen LogP contribution in [0.2, 0.25) is 0 Å². The summed E-state index contributed by atoms with van der Waals surface area (Å²) in [5, 5.41) is 6.75. The lowest BCUT2D eigenvalue weighted by atomic mass is 9.83. The SMILES string of the molecule is CCOCCC1(CNC(=NC)NCCN(C)C(=O)OC(C)(C)C)CCCC1. The summed E-state index contributed by atoms with van der Waals surface area (Å²) in [4.78, 5) is 17.9. The number of guanidine groups is 1. The Morgan fingerprint density at radius 1 is 1.22 bits per heavy atom. The first-order valence-corrected chi connectivity index (χ1v) is 10.2. The van der Waals surface area contributed by atoms with Crippen LogP contribution in [0.1, 0.15) is 59.8 Å². The Morgan fingerprint density at radius 3 is 2.44 bits per heavy atom. The van der Waals surface area contributed by atoms with Gasteiger partial charge in [0, 0.05) is 46.9 Å². The molecule has 0 aromatic carbocycles. The minimum Gasteiger partial charge on any atom is -0.444 e. The average molecular weight is 385 g/mol. The van der Waals surface area contributed by atoms with Crippen LogP contribution in [0.5, 0.6) is 0 Å². The monoisotopic (exact) mass is 384 g/mol. The Hall–Kier alpha value is -1.50. The summed E-state index contributed by atoms with van der Waals surface area (Å²) < 4.78 is 10.9. The van der Waals surface area contributed by atoms with Crippen molar-refractivity contribution in [2.75, 3.05) is 46.9 Å². The lowest BCUT2D eigenvalue weighted by molar-refractivity contribution is 0.0302. The number of nitrogens with one attached hydrogen (secondary N) is 2. The Kier molecular flexibility index (Phi) is 9.91. The third-order valence-corrected chi connectivity index (χ3v) is 4.94. The van der Waals surface area contributed by atoms with Gasteiger partial charge in [-0.1, -0.05) is 12.8 Å². The second-order valence-electron chi connectivity index (χ2n) is 8.41. The van der Waals surface area contributed by atoms with Gasteiger partial charge < -0.3 is 25.0 Å². The Morgan fingerprint density at radius 2 is 1.89 bits per heavy atom. The third kappa shape index (κ3) is 9.31. The van der Waals surface area contributed by atoms with Crippen LogP contribution in [0, 0.1) is 5.41 Å². The number of hydrogen-bond donors (Lipinski definition) is 2. The molecular weight excluding hydrogens is 344 g/mol. The summed E-state index contributed by atoms with van der Waals surface area (Å²) in [7, 11) is 3.52. The van der Waals surface area contributed by atoms with E-state index < -0.39 is 5.60 Å². The number of likely N-dealkylation sites (N-methyl/N-ethyl adjacent to an activating group) is 1. The van der Waals surface area contributed by atoms with E-state index in [9.17, 15) is 4.79 Å². The molecule has 7 nitrogen and oxygen atoms in total. The lowest BCUT2D eigenvalue weighted by Crippen LogP contribution is -2.46. The number of ether oxygens (including phenoxy) is 2. The molecule has 0 bridgehead atoms. The molecule has 0 radical (unpaired) electrons.